The topological polar surface area (TPSA) is 29.1 Å². The van der Waals surface area contributed by atoms with E-state index >= 15 is 0 Å². The first-order chi connectivity index (χ1) is 10.6. The lowest BCUT2D eigenvalue weighted by atomic mass is 10.2. The van der Waals surface area contributed by atoms with Gasteiger partial charge in [-0.15, -0.1) is 23.5 Å². The monoisotopic (exact) mass is 461 g/mol. The molecular formula is C16H13ClINOS2. The number of halogens is 2. The van der Waals surface area contributed by atoms with Crippen molar-refractivity contribution in [2.75, 3.05) is 16.8 Å². The SMILES string of the molecule is O=C(Nc1cccc(C2SCCS2)c1)c1cc(Cl)ccc1I. The second-order valence-corrected chi connectivity index (χ2v) is 9.10. The first-order valence-corrected chi connectivity index (χ1v) is 10.3. The minimum absolute atomic E-state index is 0.129. The highest BCUT2D eigenvalue weighted by molar-refractivity contribution is 14.1. The third kappa shape index (κ3) is 3.93. The lowest BCUT2D eigenvalue weighted by molar-refractivity contribution is 0.102. The van der Waals surface area contributed by atoms with E-state index in [1.807, 2.05) is 41.7 Å². The normalized spacial score (nSPS) is 15.0. The van der Waals surface area contributed by atoms with Gasteiger partial charge in [0.05, 0.1) is 10.1 Å². The van der Waals surface area contributed by atoms with Crippen LogP contribution >= 0.6 is 57.7 Å². The first kappa shape index (κ1) is 16.5. The van der Waals surface area contributed by atoms with Crippen LogP contribution in [0.5, 0.6) is 0 Å². The molecule has 2 nitrogen and oxygen atoms in total. The number of rotatable bonds is 3. The van der Waals surface area contributed by atoms with Crippen LogP contribution < -0.4 is 5.32 Å². The van der Waals surface area contributed by atoms with Crippen LogP contribution in [0.2, 0.25) is 5.02 Å². The molecule has 2 aromatic carbocycles. The molecule has 1 N–H and O–H groups in total. The van der Waals surface area contributed by atoms with Gasteiger partial charge in [0.2, 0.25) is 0 Å². The Morgan fingerprint density at radius 1 is 1.18 bits per heavy atom. The number of hydrogen-bond donors (Lipinski definition) is 1. The molecule has 1 aliphatic heterocycles. The molecule has 3 rings (SSSR count). The zero-order chi connectivity index (χ0) is 15.5. The number of anilines is 1. The fourth-order valence-corrected chi connectivity index (χ4v) is 5.77. The van der Waals surface area contributed by atoms with Gasteiger partial charge in [-0.1, -0.05) is 23.7 Å². The second kappa shape index (κ2) is 7.47. The summed E-state index contributed by atoms with van der Waals surface area (Å²) in [6.07, 6.45) is 0. The zero-order valence-electron chi connectivity index (χ0n) is 11.5. The van der Waals surface area contributed by atoms with E-state index < -0.39 is 0 Å². The van der Waals surface area contributed by atoms with Crippen LogP contribution in [0.4, 0.5) is 5.69 Å². The minimum Gasteiger partial charge on any atom is -0.322 e. The lowest BCUT2D eigenvalue weighted by Gasteiger charge is -2.12. The van der Waals surface area contributed by atoms with Crippen LogP contribution in [-0.4, -0.2) is 17.4 Å². The fraction of sp³-hybridized carbons (Fsp3) is 0.188. The maximum Gasteiger partial charge on any atom is 0.256 e. The van der Waals surface area contributed by atoms with Crippen molar-refractivity contribution in [3.05, 3.63) is 62.2 Å². The molecule has 1 aliphatic rings. The molecule has 0 unspecified atom stereocenters. The molecule has 1 heterocycles. The van der Waals surface area contributed by atoms with Crippen LogP contribution in [0.25, 0.3) is 0 Å². The van der Waals surface area contributed by atoms with Crippen molar-refractivity contribution in [3.8, 4) is 0 Å². The van der Waals surface area contributed by atoms with Gasteiger partial charge in [-0.25, -0.2) is 0 Å². The molecule has 0 bridgehead atoms. The van der Waals surface area contributed by atoms with Crippen molar-refractivity contribution in [3.63, 3.8) is 0 Å². The Balaban J connectivity index is 1.79. The van der Waals surface area contributed by atoms with Crippen molar-refractivity contribution in [1.29, 1.82) is 0 Å². The molecule has 114 valence electrons. The number of nitrogens with one attached hydrogen (secondary N) is 1. The Bertz CT molecular complexity index is 704. The van der Waals surface area contributed by atoms with Gasteiger partial charge in [0.1, 0.15) is 0 Å². The molecule has 6 heteroatoms. The highest BCUT2D eigenvalue weighted by Gasteiger charge is 2.19. The van der Waals surface area contributed by atoms with Crippen LogP contribution in [0.1, 0.15) is 20.5 Å². The molecule has 1 amide bonds. The Hall–Kier alpha value is -0.370. The summed E-state index contributed by atoms with van der Waals surface area (Å²) in [6, 6.07) is 13.4. The number of carbonyl (C=O) groups excluding carboxylic acids is 1. The Morgan fingerprint density at radius 3 is 2.73 bits per heavy atom. The predicted molar refractivity (Wildman–Crippen MR) is 106 cm³/mol. The maximum atomic E-state index is 12.4. The molecule has 1 fully saturated rings. The third-order valence-corrected chi connectivity index (χ3v) is 7.49. The number of hydrogen-bond acceptors (Lipinski definition) is 3. The van der Waals surface area contributed by atoms with Gasteiger partial charge in [0.15, 0.2) is 0 Å². The van der Waals surface area contributed by atoms with Gasteiger partial charge in [0.25, 0.3) is 5.91 Å². The predicted octanol–water partition coefficient (Wildman–Crippen LogP) is 5.68. The van der Waals surface area contributed by atoms with E-state index in [9.17, 15) is 4.79 Å². The van der Waals surface area contributed by atoms with Gasteiger partial charge < -0.3 is 5.32 Å². The smallest absolute Gasteiger partial charge is 0.256 e. The van der Waals surface area contributed by atoms with Crippen molar-refractivity contribution in [1.82, 2.24) is 0 Å². The van der Waals surface area contributed by atoms with Crippen molar-refractivity contribution < 1.29 is 4.79 Å². The van der Waals surface area contributed by atoms with Crippen molar-refractivity contribution in [2.45, 2.75) is 4.58 Å². The van der Waals surface area contributed by atoms with Crippen LogP contribution in [0.15, 0.2) is 42.5 Å². The van der Waals surface area contributed by atoms with E-state index in [-0.39, 0.29) is 5.91 Å². The van der Waals surface area contributed by atoms with Crippen LogP contribution in [-0.2, 0) is 0 Å². The summed E-state index contributed by atoms with van der Waals surface area (Å²) >= 11 is 12.0. The van der Waals surface area contributed by atoms with Crippen molar-refractivity contribution >= 4 is 69.3 Å². The zero-order valence-corrected chi connectivity index (χ0v) is 16.1. The molecule has 0 atom stereocenters. The fourth-order valence-electron chi connectivity index (χ4n) is 2.18. The van der Waals surface area contributed by atoms with E-state index in [4.69, 9.17) is 11.6 Å². The number of carbonyl (C=O) groups is 1. The van der Waals surface area contributed by atoms with Crippen LogP contribution in [0, 0.1) is 3.57 Å². The Kier molecular flexibility index (Phi) is 5.60. The molecular weight excluding hydrogens is 449 g/mol. The van der Waals surface area contributed by atoms with Gasteiger partial charge in [-0.05, 0) is 58.5 Å². The van der Waals surface area contributed by atoms with Gasteiger partial charge >= 0.3 is 0 Å². The molecule has 22 heavy (non-hydrogen) atoms. The summed E-state index contributed by atoms with van der Waals surface area (Å²) in [7, 11) is 0. The summed E-state index contributed by atoms with van der Waals surface area (Å²) in [4.78, 5) is 12.4. The summed E-state index contributed by atoms with van der Waals surface area (Å²) in [5.74, 6) is 2.25. The second-order valence-electron chi connectivity index (χ2n) is 4.78. The number of benzene rings is 2. The minimum atomic E-state index is -0.129. The van der Waals surface area contributed by atoms with Gasteiger partial charge in [-0.2, -0.15) is 0 Å². The van der Waals surface area contributed by atoms with E-state index in [0.29, 0.717) is 15.2 Å². The summed E-state index contributed by atoms with van der Waals surface area (Å²) in [6.45, 7) is 0. The maximum absolute atomic E-state index is 12.4. The first-order valence-electron chi connectivity index (χ1n) is 6.73. The summed E-state index contributed by atoms with van der Waals surface area (Å²) < 4.78 is 1.36. The quantitative estimate of drug-likeness (QED) is 0.597. The van der Waals surface area contributed by atoms with E-state index in [0.717, 1.165) is 9.26 Å². The molecule has 2 aromatic rings. The summed E-state index contributed by atoms with van der Waals surface area (Å²) in [5, 5.41) is 3.54. The Morgan fingerprint density at radius 2 is 1.95 bits per heavy atom. The van der Waals surface area contributed by atoms with Crippen LogP contribution in [0.3, 0.4) is 0 Å². The average molecular weight is 462 g/mol. The number of thioether (sulfide) groups is 2. The van der Waals surface area contributed by atoms with Gasteiger partial charge in [-0.3, -0.25) is 4.79 Å². The van der Waals surface area contributed by atoms with E-state index in [2.05, 4.69) is 40.0 Å². The molecule has 1 saturated heterocycles. The molecule has 0 aliphatic carbocycles. The van der Waals surface area contributed by atoms with Crippen molar-refractivity contribution in [2.24, 2.45) is 0 Å². The molecule has 0 spiro atoms. The Labute approximate surface area is 156 Å². The average Bonchev–Trinajstić information content (AvgIpc) is 3.04. The highest BCUT2D eigenvalue weighted by atomic mass is 127. The summed E-state index contributed by atoms with van der Waals surface area (Å²) in [5.41, 5.74) is 2.68. The third-order valence-electron chi connectivity index (χ3n) is 3.21. The largest absolute Gasteiger partial charge is 0.322 e. The molecule has 0 saturated carbocycles. The molecule has 0 aromatic heterocycles. The standard InChI is InChI=1S/C16H13ClINOS2/c17-11-4-5-14(18)13(9-11)15(20)19-12-3-1-2-10(8-12)16-21-6-7-22-16/h1-5,8-9,16H,6-7H2,(H,19,20). The van der Waals surface area contributed by atoms with E-state index in [1.165, 1.54) is 17.1 Å². The number of amides is 1. The lowest BCUT2D eigenvalue weighted by Crippen LogP contribution is -2.13. The van der Waals surface area contributed by atoms with Gasteiger partial charge in [0, 0.05) is 25.8 Å². The highest BCUT2D eigenvalue weighted by Crippen LogP contribution is 2.45. The van der Waals surface area contributed by atoms with E-state index in [1.54, 1.807) is 12.1 Å². The molecule has 0 radical (unpaired) electrons.